The Morgan fingerprint density at radius 2 is 1.88 bits per heavy atom. The lowest BCUT2D eigenvalue weighted by atomic mass is 9.90. The van der Waals surface area contributed by atoms with Crippen LogP contribution in [0.5, 0.6) is 11.5 Å². The number of aliphatic hydroxyl groups excluding tert-OH is 1. The molecule has 0 aliphatic rings. The third-order valence-electron chi connectivity index (χ3n) is 2.94. The molecule has 0 unspecified atom stereocenters. The molecule has 0 aromatic heterocycles. The molecule has 0 saturated carbocycles. The van der Waals surface area contributed by atoms with E-state index in [1.165, 1.54) is 6.07 Å². The zero-order valence-corrected chi connectivity index (χ0v) is 9.56. The lowest BCUT2D eigenvalue weighted by Crippen LogP contribution is -2.12. The van der Waals surface area contributed by atoms with Crippen molar-refractivity contribution in [2.24, 2.45) is 0 Å². The van der Waals surface area contributed by atoms with Crippen LogP contribution in [0.15, 0.2) is 6.07 Å². The topological polar surface area (TPSA) is 77.8 Å². The predicted molar refractivity (Wildman–Crippen MR) is 60.0 cm³/mol. The molecule has 0 spiro atoms. The minimum Gasteiger partial charge on any atom is -0.507 e. The molecular formula is C12H16O4. The van der Waals surface area contributed by atoms with Crippen molar-refractivity contribution in [1.29, 1.82) is 0 Å². The van der Waals surface area contributed by atoms with Gasteiger partial charge in [-0.15, -0.1) is 0 Å². The Bertz CT molecular complexity index is 410. The first-order valence-electron chi connectivity index (χ1n) is 5.08. The van der Waals surface area contributed by atoms with E-state index in [1.54, 1.807) is 20.8 Å². The minimum absolute atomic E-state index is 0.112. The Morgan fingerprint density at radius 1 is 1.31 bits per heavy atom. The molecule has 0 saturated heterocycles. The molecule has 0 aliphatic carbocycles. The van der Waals surface area contributed by atoms with Crippen LogP contribution in [0.1, 0.15) is 41.3 Å². The number of rotatable bonds is 3. The highest BCUT2D eigenvalue weighted by Gasteiger charge is 2.20. The van der Waals surface area contributed by atoms with Crippen molar-refractivity contribution in [2.45, 2.75) is 32.8 Å². The molecule has 0 bridgehead atoms. The largest absolute Gasteiger partial charge is 0.507 e. The molecule has 0 amide bonds. The second kappa shape index (κ2) is 4.53. The van der Waals surface area contributed by atoms with Crippen LogP contribution in [0.2, 0.25) is 0 Å². The van der Waals surface area contributed by atoms with Gasteiger partial charge in [-0.3, -0.25) is 4.79 Å². The van der Waals surface area contributed by atoms with Crippen molar-refractivity contribution in [2.75, 3.05) is 0 Å². The number of benzene rings is 1. The fourth-order valence-corrected chi connectivity index (χ4v) is 1.64. The summed E-state index contributed by atoms with van der Waals surface area (Å²) in [6.07, 6.45) is -0.186. The van der Waals surface area contributed by atoms with Crippen LogP contribution < -0.4 is 0 Å². The van der Waals surface area contributed by atoms with Gasteiger partial charge < -0.3 is 15.3 Å². The maximum Gasteiger partial charge on any atom is 0.157 e. The number of carbonyl (C=O) groups is 1. The predicted octanol–water partition coefficient (Wildman–Crippen LogP) is 1.70. The second-order valence-corrected chi connectivity index (χ2v) is 4.02. The molecule has 3 N–H and O–H groups in total. The Morgan fingerprint density at radius 3 is 2.31 bits per heavy atom. The maximum atomic E-state index is 10.6. The third kappa shape index (κ3) is 2.02. The quantitative estimate of drug-likeness (QED) is 0.683. The highest BCUT2D eigenvalue weighted by Crippen LogP contribution is 2.36. The molecule has 0 aliphatic heterocycles. The molecule has 0 heterocycles. The second-order valence-electron chi connectivity index (χ2n) is 4.02. The Kier molecular flexibility index (Phi) is 3.55. The SMILES string of the molecule is Cc1c([C@H](C)[C@@H](C)O)cc(O)c(C=O)c1O. The summed E-state index contributed by atoms with van der Waals surface area (Å²) in [5.74, 6) is -0.712. The van der Waals surface area contributed by atoms with Gasteiger partial charge in [0, 0.05) is 5.92 Å². The summed E-state index contributed by atoms with van der Waals surface area (Å²) in [6.45, 7) is 5.06. The van der Waals surface area contributed by atoms with Gasteiger partial charge in [-0.1, -0.05) is 6.92 Å². The molecule has 16 heavy (non-hydrogen) atoms. The minimum atomic E-state index is -0.598. The average molecular weight is 224 g/mol. The molecule has 0 fully saturated rings. The van der Waals surface area contributed by atoms with Gasteiger partial charge in [-0.05, 0) is 31.0 Å². The lowest BCUT2D eigenvalue weighted by molar-refractivity contribution is 0.111. The number of hydrogen-bond donors (Lipinski definition) is 3. The van der Waals surface area contributed by atoms with Crippen LogP contribution in [-0.4, -0.2) is 27.7 Å². The molecule has 1 aromatic carbocycles. The summed E-state index contributed by atoms with van der Waals surface area (Å²) in [7, 11) is 0. The number of carbonyl (C=O) groups excluding carboxylic acids is 1. The highest BCUT2D eigenvalue weighted by atomic mass is 16.3. The van der Waals surface area contributed by atoms with Crippen LogP contribution >= 0.6 is 0 Å². The molecule has 1 rings (SSSR count). The van der Waals surface area contributed by atoms with Gasteiger partial charge in [0.25, 0.3) is 0 Å². The van der Waals surface area contributed by atoms with Gasteiger partial charge in [0.2, 0.25) is 0 Å². The van der Waals surface area contributed by atoms with Gasteiger partial charge in [-0.2, -0.15) is 0 Å². The first-order chi connectivity index (χ1) is 7.40. The molecule has 0 radical (unpaired) electrons. The molecule has 4 nitrogen and oxygen atoms in total. The van der Waals surface area contributed by atoms with Crippen molar-refractivity contribution >= 4 is 6.29 Å². The molecule has 4 heteroatoms. The standard InChI is InChI=1S/C12H16O4/c1-6(8(3)14)9-4-11(15)10(5-13)12(16)7(9)2/h4-6,8,14-16H,1-3H3/t6-,8-/m1/s1. The summed E-state index contributed by atoms with van der Waals surface area (Å²) >= 11 is 0. The first-order valence-corrected chi connectivity index (χ1v) is 5.08. The van der Waals surface area contributed by atoms with Gasteiger partial charge >= 0.3 is 0 Å². The number of aliphatic hydroxyl groups is 1. The van der Waals surface area contributed by atoms with E-state index >= 15 is 0 Å². The smallest absolute Gasteiger partial charge is 0.157 e. The van der Waals surface area contributed by atoms with Crippen LogP contribution in [0.4, 0.5) is 0 Å². The van der Waals surface area contributed by atoms with E-state index in [0.717, 1.165) is 0 Å². The lowest BCUT2D eigenvalue weighted by Gasteiger charge is -2.19. The van der Waals surface area contributed by atoms with E-state index in [2.05, 4.69) is 0 Å². The number of aldehydes is 1. The Labute approximate surface area is 94.2 Å². The Hall–Kier alpha value is -1.55. The van der Waals surface area contributed by atoms with Crippen molar-refractivity contribution < 1.29 is 20.1 Å². The summed E-state index contributed by atoms with van der Waals surface area (Å²) in [6, 6.07) is 1.41. The van der Waals surface area contributed by atoms with Crippen LogP contribution in [0.3, 0.4) is 0 Å². The number of aromatic hydroxyl groups is 2. The van der Waals surface area contributed by atoms with E-state index < -0.39 is 6.10 Å². The summed E-state index contributed by atoms with van der Waals surface area (Å²) in [5.41, 5.74) is 1.03. The average Bonchev–Trinajstić information content (AvgIpc) is 2.23. The van der Waals surface area contributed by atoms with E-state index in [4.69, 9.17) is 0 Å². The van der Waals surface area contributed by atoms with E-state index in [0.29, 0.717) is 17.4 Å². The zero-order valence-electron chi connectivity index (χ0n) is 9.56. The molecule has 1 aromatic rings. The number of phenols is 2. The normalized spacial score (nSPS) is 14.5. The fourth-order valence-electron chi connectivity index (χ4n) is 1.64. The van der Waals surface area contributed by atoms with Crippen LogP contribution in [-0.2, 0) is 0 Å². The molecule has 88 valence electrons. The van der Waals surface area contributed by atoms with Crippen molar-refractivity contribution in [1.82, 2.24) is 0 Å². The zero-order chi connectivity index (χ0) is 12.5. The number of hydrogen-bond acceptors (Lipinski definition) is 4. The fraction of sp³-hybridized carbons (Fsp3) is 0.417. The van der Waals surface area contributed by atoms with Crippen LogP contribution in [0, 0.1) is 6.92 Å². The Balaban J connectivity index is 3.39. The number of phenolic OH excluding ortho intramolecular Hbond substituents is 2. The molecular weight excluding hydrogens is 208 g/mol. The van der Waals surface area contributed by atoms with E-state index in [1.807, 2.05) is 0 Å². The first kappa shape index (κ1) is 12.5. The highest BCUT2D eigenvalue weighted by molar-refractivity contribution is 5.84. The van der Waals surface area contributed by atoms with E-state index in [-0.39, 0.29) is 23.0 Å². The van der Waals surface area contributed by atoms with Crippen molar-refractivity contribution in [3.63, 3.8) is 0 Å². The summed E-state index contributed by atoms with van der Waals surface area (Å²) in [5, 5.41) is 28.7. The summed E-state index contributed by atoms with van der Waals surface area (Å²) < 4.78 is 0. The van der Waals surface area contributed by atoms with E-state index in [9.17, 15) is 20.1 Å². The van der Waals surface area contributed by atoms with Crippen molar-refractivity contribution in [3.8, 4) is 11.5 Å². The molecule has 2 atom stereocenters. The van der Waals surface area contributed by atoms with Crippen molar-refractivity contribution in [3.05, 3.63) is 22.8 Å². The van der Waals surface area contributed by atoms with Gasteiger partial charge in [0.15, 0.2) is 6.29 Å². The van der Waals surface area contributed by atoms with Gasteiger partial charge in [-0.25, -0.2) is 0 Å². The van der Waals surface area contributed by atoms with Gasteiger partial charge in [0.1, 0.15) is 11.5 Å². The summed E-state index contributed by atoms with van der Waals surface area (Å²) in [4.78, 5) is 10.6. The monoisotopic (exact) mass is 224 g/mol. The van der Waals surface area contributed by atoms with Gasteiger partial charge in [0.05, 0.1) is 11.7 Å². The third-order valence-corrected chi connectivity index (χ3v) is 2.94. The van der Waals surface area contributed by atoms with Crippen LogP contribution in [0.25, 0.3) is 0 Å². The maximum absolute atomic E-state index is 10.6.